The van der Waals surface area contributed by atoms with Crippen molar-refractivity contribution in [2.75, 3.05) is 0 Å². The van der Waals surface area contributed by atoms with E-state index < -0.39 is 0 Å². The van der Waals surface area contributed by atoms with Crippen LogP contribution in [0.25, 0.3) is 223 Å². The fourth-order valence-electron chi connectivity index (χ4n) is 18.3. The lowest BCUT2D eigenvalue weighted by atomic mass is 9.97. The summed E-state index contributed by atoms with van der Waals surface area (Å²) < 4.78 is 9.54. The molecule has 0 unspecified atom stereocenters. The van der Waals surface area contributed by atoms with Crippen molar-refractivity contribution in [1.82, 2.24) is 48.2 Å². The maximum atomic E-state index is 5.04. The molecule has 0 spiro atoms. The second kappa shape index (κ2) is 30.8. The maximum Gasteiger partial charge on any atom is 0.164 e. The Labute approximate surface area is 715 Å². The zero-order chi connectivity index (χ0) is 82.0. The number of nitrogens with zero attached hydrogens (tertiary/aromatic N) is 10. The molecule has 10 heteroatoms. The molecular weight excluding hydrogens is 1510 g/mol. The average Bonchev–Trinajstić information content (AvgIpc) is 1.61. The van der Waals surface area contributed by atoms with Crippen LogP contribution in [-0.2, 0) is 0 Å². The summed E-state index contributed by atoms with van der Waals surface area (Å²) in [6, 6.07) is 159. The molecule has 0 saturated heterocycles. The second-order valence-corrected chi connectivity index (χ2v) is 31.2. The fourth-order valence-corrected chi connectivity index (χ4v) is 18.3. The number of hydrogen-bond acceptors (Lipinski definition) is 6. The van der Waals surface area contributed by atoms with E-state index in [-0.39, 0.29) is 0 Å². The minimum Gasteiger partial charge on any atom is -0.309 e. The molecule has 0 aliphatic carbocycles. The molecule has 0 radical (unpaired) electrons. The molecule has 0 saturated carbocycles. The van der Waals surface area contributed by atoms with Crippen LogP contribution in [0.4, 0.5) is 0 Å². The number of fused-ring (bicyclic) bond motifs is 12. The normalized spacial score (nSPS) is 11.5. The lowest BCUT2D eigenvalue weighted by Crippen LogP contribution is -2.00. The van der Waals surface area contributed by atoms with E-state index in [4.69, 9.17) is 29.9 Å². The van der Waals surface area contributed by atoms with Gasteiger partial charge in [0.1, 0.15) is 0 Å². The third-order valence-corrected chi connectivity index (χ3v) is 24.0. The van der Waals surface area contributed by atoms with Gasteiger partial charge in [-0.25, -0.2) is 29.9 Å². The Morgan fingerprint density at radius 2 is 0.371 bits per heavy atom. The van der Waals surface area contributed by atoms with Gasteiger partial charge in [0.25, 0.3) is 0 Å². The van der Waals surface area contributed by atoms with Crippen LogP contribution in [0.5, 0.6) is 0 Å². The van der Waals surface area contributed by atoms with Crippen LogP contribution in [0.2, 0.25) is 0 Å². The number of rotatable bonds is 14. The topological polar surface area (TPSA) is 97.1 Å². The number of benzene rings is 18. The highest BCUT2D eigenvalue weighted by Gasteiger charge is 2.24. The van der Waals surface area contributed by atoms with E-state index >= 15 is 0 Å². The third kappa shape index (κ3) is 12.8. The van der Waals surface area contributed by atoms with Gasteiger partial charge in [0, 0.05) is 99.2 Å². The minimum atomic E-state index is 0.634. The first-order chi connectivity index (χ1) is 61.5. The lowest BCUT2D eigenvalue weighted by Gasteiger charge is -2.12. The molecule has 0 fully saturated rings. The molecule has 580 valence electrons. The van der Waals surface area contributed by atoms with Crippen molar-refractivity contribution in [3.63, 3.8) is 0 Å². The summed E-state index contributed by atoms with van der Waals surface area (Å²) in [5.74, 6) is 3.85. The first kappa shape index (κ1) is 72.4. The Hall–Kier alpha value is -16.8. The Kier molecular flexibility index (Phi) is 18.0. The summed E-state index contributed by atoms with van der Waals surface area (Å²) in [5, 5.41) is 9.81. The minimum absolute atomic E-state index is 0.634. The Balaban J connectivity index is 0.000000143. The van der Waals surface area contributed by atoms with Crippen LogP contribution in [0.15, 0.2) is 449 Å². The summed E-state index contributed by atoms with van der Waals surface area (Å²) in [7, 11) is 0. The van der Waals surface area contributed by atoms with Gasteiger partial charge in [0.15, 0.2) is 34.9 Å². The highest BCUT2D eigenvalue weighted by Crippen LogP contribution is 2.45. The Morgan fingerprint density at radius 3 is 0.742 bits per heavy atom. The van der Waals surface area contributed by atoms with Crippen LogP contribution >= 0.6 is 0 Å². The SMILES string of the molecule is c1ccc(-c2nc(-c3ccccc3)nc(-c3cccc(-c4cccc5c4c4ccccc4n5-c4ccc(-c5ccc6c7ccccc7n(-c7ccccc7)c6c5)cc4)c3)n2)cc1.c1ccc(-c2nc(-c3ccccc3)nc(-c3cccc(-c4cccc5c4c4ccccc4n5-c4ccc(-c5cccc6c5c5ccccc5n6-c5ccccc5)cc4)c3)n2)cc1. The van der Waals surface area contributed by atoms with Crippen molar-refractivity contribution in [3.05, 3.63) is 449 Å². The molecule has 0 N–H and O–H groups in total. The zero-order valence-corrected chi connectivity index (χ0v) is 67.2. The van der Waals surface area contributed by atoms with Gasteiger partial charge in [-0.05, 0) is 154 Å². The summed E-state index contributed by atoms with van der Waals surface area (Å²) >= 11 is 0. The van der Waals surface area contributed by atoms with E-state index in [0.29, 0.717) is 34.9 Å². The van der Waals surface area contributed by atoms with Gasteiger partial charge in [-0.15, -0.1) is 0 Å². The summed E-state index contributed by atoms with van der Waals surface area (Å²) in [6.45, 7) is 0. The second-order valence-electron chi connectivity index (χ2n) is 31.2. The molecule has 0 atom stereocenters. The predicted molar refractivity (Wildman–Crippen MR) is 511 cm³/mol. The predicted octanol–water partition coefficient (Wildman–Crippen LogP) is 28.8. The first-order valence-electron chi connectivity index (χ1n) is 41.9. The van der Waals surface area contributed by atoms with E-state index in [1.807, 2.05) is 121 Å². The smallest absolute Gasteiger partial charge is 0.164 e. The quantitative estimate of drug-likeness (QED) is 0.108. The molecule has 124 heavy (non-hydrogen) atoms. The standard InChI is InChI=1S/2C57H37N5/c1-4-17-39(18-5-1)55-58-56(40-19-6-2-7-20-40)60-57(59-55)42-22-14-21-41(37-42)46-28-16-32-52-54(46)48-26-11-13-30-50(48)62(52)44-35-33-38(34-36-44)45-27-15-31-51-53(45)47-25-10-12-29-49(47)61(51)43-23-8-3-9-24-43;1-4-16-39(17-5-1)55-58-56(40-18-6-2-7-19-40)60-57(59-55)43-21-14-20-42(36-43)46-26-15-29-52-54(46)49-25-11-13-28-51(49)61(52)45-33-30-38(31-34-45)41-32-35-48-47-24-10-12-27-50(47)62(53(48)37-41)44-22-8-3-9-23-44/h2*1-37H. The van der Waals surface area contributed by atoms with Crippen molar-refractivity contribution < 1.29 is 0 Å². The highest BCUT2D eigenvalue weighted by atomic mass is 15.1. The maximum absolute atomic E-state index is 5.04. The monoisotopic (exact) mass is 1580 g/mol. The average molecular weight is 1580 g/mol. The molecule has 24 rings (SSSR count). The van der Waals surface area contributed by atoms with E-state index in [9.17, 15) is 0 Å². The van der Waals surface area contributed by atoms with Gasteiger partial charge in [-0.2, -0.15) is 0 Å². The molecule has 24 aromatic rings. The number of aromatic nitrogens is 10. The largest absolute Gasteiger partial charge is 0.309 e. The molecule has 6 aromatic heterocycles. The van der Waals surface area contributed by atoms with E-state index in [2.05, 4.69) is 346 Å². The summed E-state index contributed by atoms with van der Waals surface area (Å²) in [5.41, 5.74) is 28.8. The van der Waals surface area contributed by atoms with Crippen LogP contribution in [-0.4, -0.2) is 48.2 Å². The van der Waals surface area contributed by atoms with Gasteiger partial charge in [0.2, 0.25) is 0 Å². The zero-order valence-electron chi connectivity index (χ0n) is 67.2. The molecule has 10 nitrogen and oxygen atoms in total. The van der Waals surface area contributed by atoms with E-state index in [1.165, 1.54) is 87.4 Å². The van der Waals surface area contributed by atoms with Crippen LogP contribution < -0.4 is 0 Å². The molecule has 0 bridgehead atoms. The van der Waals surface area contributed by atoms with Crippen molar-refractivity contribution in [2.24, 2.45) is 0 Å². The van der Waals surface area contributed by atoms with Gasteiger partial charge >= 0.3 is 0 Å². The fraction of sp³-hybridized carbons (Fsp3) is 0. The Morgan fingerprint density at radius 1 is 0.129 bits per heavy atom. The molecule has 0 amide bonds. The molecular formula is C114H74N10. The Bertz CT molecular complexity index is 8030. The van der Waals surface area contributed by atoms with E-state index in [0.717, 1.165) is 100 Å². The third-order valence-electron chi connectivity index (χ3n) is 24.0. The van der Waals surface area contributed by atoms with Gasteiger partial charge in [-0.3, -0.25) is 0 Å². The van der Waals surface area contributed by atoms with Gasteiger partial charge in [-0.1, -0.05) is 340 Å². The molecule has 0 aliphatic rings. The van der Waals surface area contributed by atoms with Gasteiger partial charge in [0.05, 0.1) is 44.1 Å². The summed E-state index contributed by atoms with van der Waals surface area (Å²) in [6.07, 6.45) is 0. The molecule has 0 aliphatic heterocycles. The number of para-hydroxylation sites is 6. The molecule has 18 aromatic carbocycles. The van der Waals surface area contributed by atoms with Crippen molar-refractivity contribution >= 4 is 87.2 Å². The van der Waals surface area contributed by atoms with Gasteiger partial charge < -0.3 is 18.3 Å². The van der Waals surface area contributed by atoms with Crippen LogP contribution in [0, 0.1) is 0 Å². The lowest BCUT2D eigenvalue weighted by molar-refractivity contribution is 1.07. The highest BCUT2D eigenvalue weighted by molar-refractivity contribution is 6.19. The van der Waals surface area contributed by atoms with Crippen molar-refractivity contribution in [3.8, 4) is 136 Å². The van der Waals surface area contributed by atoms with Crippen LogP contribution in [0.3, 0.4) is 0 Å². The summed E-state index contributed by atoms with van der Waals surface area (Å²) in [4.78, 5) is 30.0. The van der Waals surface area contributed by atoms with Crippen molar-refractivity contribution in [2.45, 2.75) is 0 Å². The van der Waals surface area contributed by atoms with Crippen LogP contribution in [0.1, 0.15) is 0 Å². The number of hydrogen-bond donors (Lipinski definition) is 0. The molecule has 6 heterocycles. The van der Waals surface area contributed by atoms with E-state index in [1.54, 1.807) is 0 Å². The first-order valence-corrected chi connectivity index (χ1v) is 41.9. The van der Waals surface area contributed by atoms with Crippen molar-refractivity contribution in [1.29, 1.82) is 0 Å².